The van der Waals surface area contributed by atoms with Gasteiger partial charge in [0.25, 0.3) is 0 Å². The first-order valence-electron chi connectivity index (χ1n) is 5.42. The molecule has 0 bridgehead atoms. The van der Waals surface area contributed by atoms with Gasteiger partial charge in [-0.25, -0.2) is 4.55 Å². The van der Waals surface area contributed by atoms with Crippen LogP contribution in [0.25, 0.3) is 0 Å². The van der Waals surface area contributed by atoms with Crippen molar-refractivity contribution in [1.82, 2.24) is 0 Å². The summed E-state index contributed by atoms with van der Waals surface area (Å²) in [4.78, 5) is 0. The number of nitrogens with zero attached hydrogens (tertiary/aromatic N) is 1. The molecule has 0 saturated heterocycles. The SMILES string of the molecule is O=S(=O)(O)[NH+]([O-])N(c1ccccc1)c1ccccc1. The van der Waals surface area contributed by atoms with Crippen molar-refractivity contribution in [3.8, 4) is 0 Å². The van der Waals surface area contributed by atoms with E-state index in [9.17, 15) is 13.6 Å². The number of rotatable bonds is 4. The number of benzene rings is 2. The number of quaternary nitrogens is 1. The highest BCUT2D eigenvalue weighted by Gasteiger charge is 2.25. The van der Waals surface area contributed by atoms with E-state index in [2.05, 4.69) is 0 Å². The number of anilines is 2. The number of hydrogen-bond donors (Lipinski definition) is 2. The molecule has 2 aromatic rings. The molecule has 0 aliphatic heterocycles. The van der Waals surface area contributed by atoms with Gasteiger partial charge in [0.15, 0.2) is 0 Å². The van der Waals surface area contributed by atoms with Crippen LogP contribution in [0.1, 0.15) is 0 Å². The third kappa shape index (κ3) is 3.09. The summed E-state index contributed by atoms with van der Waals surface area (Å²) in [5.74, 6) is 0. The zero-order chi connectivity index (χ0) is 13.9. The Morgan fingerprint density at radius 1 is 0.895 bits per heavy atom. The van der Waals surface area contributed by atoms with Crippen LogP contribution in [0.4, 0.5) is 11.4 Å². The van der Waals surface area contributed by atoms with E-state index in [4.69, 9.17) is 4.55 Å². The molecule has 7 heteroatoms. The molecule has 6 nitrogen and oxygen atoms in total. The lowest BCUT2D eigenvalue weighted by molar-refractivity contribution is -0.716. The lowest BCUT2D eigenvalue weighted by Crippen LogP contribution is -3.15. The van der Waals surface area contributed by atoms with Crippen LogP contribution in [0.5, 0.6) is 0 Å². The quantitative estimate of drug-likeness (QED) is 0.642. The summed E-state index contributed by atoms with van der Waals surface area (Å²) in [6.07, 6.45) is 0. The first kappa shape index (κ1) is 13.5. The van der Waals surface area contributed by atoms with Gasteiger partial charge in [-0.15, -0.1) is 13.0 Å². The molecule has 100 valence electrons. The van der Waals surface area contributed by atoms with Crippen molar-refractivity contribution >= 4 is 21.7 Å². The molecule has 1 unspecified atom stereocenters. The molecule has 0 radical (unpaired) electrons. The molecule has 0 aliphatic rings. The average Bonchev–Trinajstić information content (AvgIpc) is 2.40. The van der Waals surface area contributed by atoms with Crippen LogP contribution in [0.15, 0.2) is 60.7 Å². The van der Waals surface area contributed by atoms with Crippen LogP contribution in [-0.4, -0.2) is 13.0 Å². The minimum atomic E-state index is -4.81. The Morgan fingerprint density at radius 2 is 1.26 bits per heavy atom. The highest BCUT2D eigenvalue weighted by molar-refractivity contribution is 7.79. The van der Waals surface area contributed by atoms with Crippen molar-refractivity contribution in [3.63, 3.8) is 0 Å². The van der Waals surface area contributed by atoms with Crippen LogP contribution >= 0.6 is 0 Å². The number of para-hydroxylation sites is 2. The molecule has 0 aliphatic carbocycles. The van der Waals surface area contributed by atoms with Gasteiger partial charge in [-0.1, -0.05) is 36.4 Å². The summed E-state index contributed by atoms with van der Waals surface area (Å²) >= 11 is 0. The van der Waals surface area contributed by atoms with Gasteiger partial charge in [0.1, 0.15) is 0 Å². The fourth-order valence-corrected chi connectivity index (χ4v) is 2.07. The molecular formula is C12H12N2O4S. The van der Waals surface area contributed by atoms with Crippen molar-refractivity contribution in [3.05, 3.63) is 65.9 Å². The largest absolute Gasteiger partial charge is 0.590 e. The number of nitrogens with one attached hydrogen (secondary N) is 1. The minimum Gasteiger partial charge on any atom is -0.590 e. The second kappa shape index (κ2) is 5.37. The maximum atomic E-state index is 11.9. The van der Waals surface area contributed by atoms with Crippen LogP contribution in [-0.2, 0) is 10.3 Å². The van der Waals surface area contributed by atoms with E-state index < -0.39 is 14.9 Å². The van der Waals surface area contributed by atoms with Gasteiger partial charge >= 0.3 is 10.3 Å². The Bertz CT molecular complexity index is 592. The molecular weight excluding hydrogens is 268 g/mol. The molecule has 2 rings (SSSR count). The van der Waals surface area contributed by atoms with E-state index in [0.717, 1.165) is 5.01 Å². The maximum Gasteiger partial charge on any atom is 0.455 e. The zero-order valence-corrected chi connectivity index (χ0v) is 10.6. The van der Waals surface area contributed by atoms with Gasteiger partial charge in [-0.3, -0.25) is 0 Å². The molecule has 0 amide bonds. The van der Waals surface area contributed by atoms with Crippen molar-refractivity contribution < 1.29 is 17.5 Å². The van der Waals surface area contributed by atoms with Gasteiger partial charge in [-0.05, 0) is 24.3 Å². The summed E-state index contributed by atoms with van der Waals surface area (Å²) in [5, 5.41) is 12.8. The first-order chi connectivity index (χ1) is 9.00. The molecule has 2 aromatic carbocycles. The summed E-state index contributed by atoms with van der Waals surface area (Å²) in [6.45, 7) is 0. The van der Waals surface area contributed by atoms with Crippen LogP contribution < -0.4 is 9.59 Å². The number of hydrogen-bond acceptors (Lipinski definition) is 4. The fourth-order valence-electron chi connectivity index (χ4n) is 1.63. The predicted molar refractivity (Wildman–Crippen MR) is 70.9 cm³/mol. The van der Waals surface area contributed by atoms with Crippen molar-refractivity contribution in [2.24, 2.45) is 0 Å². The fraction of sp³-hybridized carbons (Fsp3) is 0. The van der Waals surface area contributed by atoms with E-state index in [0.29, 0.717) is 11.4 Å². The van der Waals surface area contributed by atoms with E-state index in [-0.39, 0.29) is 0 Å². The van der Waals surface area contributed by atoms with Crippen molar-refractivity contribution in [1.29, 1.82) is 0 Å². The topological polar surface area (TPSA) is 85.1 Å². The Hall–Kier alpha value is -1.93. The summed E-state index contributed by atoms with van der Waals surface area (Å²) < 4.78 is 29.7. The first-order valence-corrected chi connectivity index (χ1v) is 6.86. The second-order valence-electron chi connectivity index (χ2n) is 3.75. The molecule has 1 atom stereocenters. The minimum absolute atomic E-state index is 0.358. The van der Waals surface area contributed by atoms with Gasteiger partial charge in [0, 0.05) is 0 Å². The van der Waals surface area contributed by atoms with E-state index >= 15 is 0 Å². The standard InChI is InChI=1S/C12H12N2O4S/c15-14(19(16,17)18)13(11-7-3-1-4-8-11)12-9-5-2-6-10-12/h1-10,14H,(H,16,17,18). The average molecular weight is 280 g/mol. The molecule has 0 aromatic heterocycles. The monoisotopic (exact) mass is 280 g/mol. The molecule has 0 fully saturated rings. The van der Waals surface area contributed by atoms with Gasteiger partial charge in [0.2, 0.25) is 0 Å². The third-order valence-electron chi connectivity index (χ3n) is 2.43. The van der Waals surface area contributed by atoms with Crippen LogP contribution in [0.3, 0.4) is 0 Å². The summed E-state index contributed by atoms with van der Waals surface area (Å²) in [6, 6.07) is 16.5. The van der Waals surface area contributed by atoms with Crippen molar-refractivity contribution in [2.75, 3.05) is 5.01 Å². The van der Waals surface area contributed by atoms with E-state index in [1.54, 1.807) is 60.7 Å². The second-order valence-corrected chi connectivity index (χ2v) is 5.05. The van der Waals surface area contributed by atoms with Crippen LogP contribution in [0.2, 0.25) is 0 Å². The maximum absolute atomic E-state index is 11.9. The zero-order valence-electron chi connectivity index (χ0n) is 9.80. The lowest BCUT2D eigenvalue weighted by Gasteiger charge is -2.31. The Balaban J connectivity index is 2.52. The Labute approximate surface area is 110 Å². The van der Waals surface area contributed by atoms with E-state index in [1.165, 1.54) is 0 Å². The highest BCUT2D eigenvalue weighted by Crippen LogP contribution is 2.20. The van der Waals surface area contributed by atoms with Gasteiger partial charge in [-0.2, -0.15) is 5.01 Å². The highest BCUT2D eigenvalue weighted by atomic mass is 32.2. The lowest BCUT2D eigenvalue weighted by atomic mass is 10.2. The van der Waals surface area contributed by atoms with Crippen molar-refractivity contribution in [2.45, 2.75) is 0 Å². The molecule has 2 N–H and O–H groups in total. The van der Waals surface area contributed by atoms with Crippen LogP contribution in [0, 0.1) is 5.21 Å². The molecule has 0 heterocycles. The Morgan fingerprint density at radius 3 is 1.58 bits per heavy atom. The van der Waals surface area contributed by atoms with Gasteiger partial charge in [0.05, 0.1) is 11.4 Å². The smallest absolute Gasteiger partial charge is 0.455 e. The Kier molecular flexibility index (Phi) is 3.82. The van der Waals surface area contributed by atoms with Gasteiger partial charge < -0.3 is 5.21 Å². The molecule has 0 saturated carbocycles. The van der Waals surface area contributed by atoms with E-state index in [1.807, 2.05) is 0 Å². The third-order valence-corrected chi connectivity index (χ3v) is 3.06. The summed E-state index contributed by atoms with van der Waals surface area (Å²) in [5.41, 5.74) is 0.715. The molecule has 0 spiro atoms. The summed E-state index contributed by atoms with van der Waals surface area (Å²) in [7, 11) is -4.81. The normalized spacial score (nSPS) is 12.9. The molecule has 19 heavy (non-hydrogen) atoms. The predicted octanol–water partition coefficient (Wildman–Crippen LogP) is 0.925.